The maximum Gasteiger partial charge on any atom is 0.306 e. The summed E-state index contributed by atoms with van der Waals surface area (Å²) in [5, 5.41) is 0. The summed E-state index contributed by atoms with van der Waals surface area (Å²) in [7, 11) is 0. The van der Waals surface area contributed by atoms with Gasteiger partial charge in [0, 0.05) is 19.4 Å². The molecule has 64 heavy (non-hydrogen) atoms. The standard InChI is InChI=1S/C59H92O5/c1-4-7-10-13-16-19-22-25-28-29-30-31-33-34-37-40-43-46-49-52-58(60)63-56-57(55-62-54-51-48-45-42-39-36-27-24-21-18-15-12-9-6-3)64-59(61)53-50-47-44-41-38-35-32-26-23-20-17-14-11-8-5-2/h7-12,16-21,25-28,30-32,34,36-37,42,45,57H,4-6,13-15,22-24,29,33,35,38-41,43-44,46-56H2,1-3H3/b10-7-,11-8-,12-9-,19-16-,20-17-,21-18-,28-25-,31-30-,32-26-,36-27-,37-34-,45-42-. The molecule has 0 aromatic carbocycles. The molecular formula is C59H92O5. The molecule has 0 heterocycles. The van der Waals surface area contributed by atoms with Gasteiger partial charge in [-0.2, -0.15) is 0 Å². The molecule has 0 aliphatic rings. The summed E-state index contributed by atoms with van der Waals surface area (Å²) in [6.07, 6.45) is 77.2. The van der Waals surface area contributed by atoms with Crippen molar-refractivity contribution in [3.05, 3.63) is 146 Å². The molecule has 5 nitrogen and oxygen atoms in total. The SMILES string of the molecule is CC/C=C\C/C=C\C/C=C\C/C=C\C/C=C\CCCCCC(=O)OCC(COCCC/C=C\C/C=C\C/C=C\C/C=C\CC)OC(=O)CCCCCCC/C=C\C/C=C\C/C=C\CC. The maximum atomic E-state index is 12.8. The van der Waals surface area contributed by atoms with Crippen molar-refractivity contribution < 1.29 is 23.8 Å². The number of esters is 2. The topological polar surface area (TPSA) is 61.8 Å². The summed E-state index contributed by atoms with van der Waals surface area (Å²) in [5.41, 5.74) is 0. The Balaban J connectivity index is 4.47. The van der Waals surface area contributed by atoms with Crippen LogP contribution in [0.5, 0.6) is 0 Å². The highest BCUT2D eigenvalue weighted by atomic mass is 16.6. The Labute approximate surface area is 393 Å². The van der Waals surface area contributed by atoms with Gasteiger partial charge in [-0.15, -0.1) is 0 Å². The van der Waals surface area contributed by atoms with Gasteiger partial charge >= 0.3 is 11.9 Å². The van der Waals surface area contributed by atoms with Crippen LogP contribution in [0.4, 0.5) is 0 Å². The molecule has 0 radical (unpaired) electrons. The number of hydrogen-bond acceptors (Lipinski definition) is 5. The number of carbonyl (C=O) groups excluding carboxylic acids is 2. The Kier molecular flexibility index (Phi) is 49.6. The lowest BCUT2D eigenvalue weighted by atomic mass is 10.1. The van der Waals surface area contributed by atoms with Crippen LogP contribution in [-0.4, -0.2) is 37.9 Å². The summed E-state index contributed by atoms with van der Waals surface area (Å²) >= 11 is 0. The molecule has 0 spiro atoms. The van der Waals surface area contributed by atoms with Crippen LogP contribution in [0.3, 0.4) is 0 Å². The fraction of sp³-hybridized carbons (Fsp3) is 0.559. The van der Waals surface area contributed by atoms with Crippen molar-refractivity contribution in [2.45, 2.75) is 194 Å². The molecule has 0 aromatic heterocycles. The molecule has 5 heteroatoms. The third-order valence-electron chi connectivity index (χ3n) is 9.85. The van der Waals surface area contributed by atoms with E-state index in [0.29, 0.717) is 19.4 Å². The van der Waals surface area contributed by atoms with E-state index in [1.54, 1.807) is 0 Å². The second kappa shape index (κ2) is 53.1. The number of unbranched alkanes of at least 4 members (excludes halogenated alkanes) is 9. The van der Waals surface area contributed by atoms with Crippen LogP contribution >= 0.6 is 0 Å². The van der Waals surface area contributed by atoms with E-state index in [0.717, 1.165) is 148 Å². The summed E-state index contributed by atoms with van der Waals surface area (Å²) in [6, 6.07) is 0. The van der Waals surface area contributed by atoms with Crippen molar-refractivity contribution in [1.82, 2.24) is 0 Å². The normalized spacial score (nSPS) is 13.5. The first-order valence-corrected chi connectivity index (χ1v) is 25.4. The molecule has 0 aliphatic carbocycles. The molecular weight excluding hydrogens is 789 g/mol. The number of carbonyl (C=O) groups is 2. The van der Waals surface area contributed by atoms with E-state index >= 15 is 0 Å². The van der Waals surface area contributed by atoms with Crippen molar-refractivity contribution in [3.63, 3.8) is 0 Å². The molecule has 0 fully saturated rings. The Morgan fingerprint density at radius 1 is 0.344 bits per heavy atom. The fourth-order valence-corrected chi connectivity index (χ4v) is 6.20. The minimum atomic E-state index is -0.599. The lowest BCUT2D eigenvalue weighted by Gasteiger charge is -2.18. The Hall–Kier alpha value is -4.22. The first-order valence-electron chi connectivity index (χ1n) is 25.4. The van der Waals surface area contributed by atoms with Crippen LogP contribution in [0.1, 0.15) is 188 Å². The van der Waals surface area contributed by atoms with Gasteiger partial charge in [0.05, 0.1) is 6.61 Å². The van der Waals surface area contributed by atoms with Crippen LogP contribution in [0.15, 0.2) is 146 Å². The molecule has 0 amide bonds. The van der Waals surface area contributed by atoms with E-state index in [-0.39, 0.29) is 25.2 Å². The first kappa shape index (κ1) is 59.8. The Bertz CT molecular complexity index is 1410. The van der Waals surface area contributed by atoms with Crippen LogP contribution in [-0.2, 0) is 23.8 Å². The summed E-state index contributed by atoms with van der Waals surface area (Å²) < 4.78 is 17.3. The molecule has 358 valence electrons. The van der Waals surface area contributed by atoms with Gasteiger partial charge in [-0.3, -0.25) is 9.59 Å². The molecule has 0 aromatic rings. The molecule has 0 rings (SSSR count). The summed E-state index contributed by atoms with van der Waals surface area (Å²) in [4.78, 5) is 25.4. The van der Waals surface area contributed by atoms with E-state index in [9.17, 15) is 9.59 Å². The number of ether oxygens (including phenoxy) is 3. The summed E-state index contributed by atoms with van der Waals surface area (Å²) in [6.45, 7) is 7.27. The molecule has 0 bridgehead atoms. The van der Waals surface area contributed by atoms with Gasteiger partial charge in [-0.1, -0.05) is 192 Å². The van der Waals surface area contributed by atoms with Gasteiger partial charge in [0.15, 0.2) is 6.10 Å². The number of rotatable bonds is 44. The molecule has 0 N–H and O–H groups in total. The second-order valence-electron chi connectivity index (χ2n) is 15.9. The lowest BCUT2D eigenvalue weighted by Crippen LogP contribution is -2.30. The number of hydrogen-bond donors (Lipinski definition) is 0. The quantitative estimate of drug-likeness (QED) is 0.0347. The number of allylic oxidation sites excluding steroid dienone is 24. The average molecular weight is 881 g/mol. The average Bonchev–Trinajstić information content (AvgIpc) is 3.30. The van der Waals surface area contributed by atoms with Gasteiger partial charge in [0.25, 0.3) is 0 Å². The van der Waals surface area contributed by atoms with Crippen molar-refractivity contribution in [3.8, 4) is 0 Å². The molecule has 0 aliphatic heterocycles. The van der Waals surface area contributed by atoms with Crippen LogP contribution in [0.25, 0.3) is 0 Å². The molecule has 1 unspecified atom stereocenters. The second-order valence-corrected chi connectivity index (χ2v) is 15.9. The minimum absolute atomic E-state index is 0.0285. The van der Waals surface area contributed by atoms with Crippen molar-refractivity contribution in [2.75, 3.05) is 19.8 Å². The maximum absolute atomic E-state index is 12.8. The van der Waals surface area contributed by atoms with E-state index in [4.69, 9.17) is 14.2 Å². The van der Waals surface area contributed by atoms with Crippen LogP contribution in [0.2, 0.25) is 0 Å². The van der Waals surface area contributed by atoms with Crippen molar-refractivity contribution in [1.29, 1.82) is 0 Å². The molecule has 0 saturated carbocycles. The van der Waals surface area contributed by atoms with Crippen LogP contribution in [0, 0.1) is 0 Å². The largest absolute Gasteiger partial charge is 0.462 e. The highest BCUT2D eigenvalue weighted by Gasteiger charge is 2.17. The van der Waals surface area contributed by atoms with E-state index in [1.165, 1.54) is 6.42 Å². The van der Waals surface area contributed by atoms with Crippen molar-refractivity contribution in [2.24, 2.45) is 0 Å². The monoisotopic (exact) mass is 881 g/mol. The molecule has 1 atom stereocenters. The lowest BCUT2D eigenvalue weighted by molar-refractivity contribution is -0.163. The molecule has 0 saturated heterocycles. The zero-order valence-electron chi connectivity index (χ0n) is 41.0. The predicted molar refractivity (Wildman–Crippen MR) is 278 cm³/mol. The van der Waals surface area contributed by atoms with E-state index < -0.39 is 6.10 Å². The van der Waals surface area contributed by atoms with Gasteiger partial charge in [-0.05, 0) is 128 Å². The zero-order chi connectivity index (χ0) is 46.3. The van der Waals surface area contributed by atoms with Crippen LogP contribution < -0.4 is 0 Å². The zero-order valence-corrected chi connectivity index (χ0v) is 41.0. The smallest absolute Gasteiger partial charge is 0.306 e. The summed E-state index contributed by atoms with van der Waals surface area (Å²) in [5.74, 6) is -0.498. The first-order chi connectivity index (χ1) is 31.6. The van der Waals surface area contributed by atoms with E-state index in [2.05, 4.69) is 167 Å². The van der Waals surface area contributed by atoms with Gasteiger partial charge in [-0.25, -0.2) is 0 Å². The van der Waals surface area contributed by atoms with Gasteiger partial charge in [0.2, 0.25) is 0 Å². The van der Waals surface area contributed by atoms with Gasteiger partial charge < -0.3 is 14.2 Å². The van der Waals surface area contributed by atoms with Gasteiger partial charge in [0.1, 0.15) is 6.61 Å². The fourth-order valence-electron chi connectivity index (χ4n) is 6.20. The highest BCUT2D eigenvalue weighted by molar-refractivity contribution is 5.70. The highest BCUT2D eigenvalue weighted by Crippen LogP contribution is 2.11. The Morgan fingerprint density at radius 3 is 1.06 bits per heavy atom. The minimum Gasteiger partial charge on any atom is -0.462 e. The third kappa shape index (κ3) is 50.4. The van der Waals surface area contributed by atoms with E-state index in [1.807, 2.05) is 0 Å². The Morgan fingerprint density at radius 2 is 0.656 bits per heavy atom. The third-order valence-corrected chi connectivity index (χ3v) is 9.85. The predicted octanol–water partition coefficient (Wildman–Crippen LogP) is 17.3. The van der Waals surface area contributed by atoms with Crippen molar-refractivity contribution >= 4 is 11.9 Å².